The van der Waals surface area contributed by atoms with E-state index in [9.17, 15) is 0 Å². The summed E-state index contributed by atoms with van der Waals surface area (Å²) in [6, 6.07) is 0. The van der Waals surface area contributed by atoms with Crippen LogP contribution in [0.1, 0.15) is 0 Å². The van der Waals surface area contributed by atoms with Gasteiger partial charge in [0.2, 0.25) is 0 Å². The fraction of sp³-hybridized carbons (Fsp3) is 0. The standard InChI is InChI=1S/Ag.2Al.Au.6H. The predicted molar refractivity (Wildman–Crippen MR) is 19.9 cm³/mol. The zero-order chi connectivity index (χ0) is 0. The van der Waals surface area contributed by atoms with Gasteiger partial charge in [-0.3, -0.25) is 0 Å². The summed E-state index contributed by atoms with van der Waals surface area (Å²) < 4.78 is 0. The monoisotopic (exact) mass is 364 g/mol. The molecule has 0 spiro atoms. The summed E-state index contributed by atoms with van der Waals surface area (Å²) in [6.45, 7) is 0. The van der Waals surface area contributed by atoms with Gasteiger partial charge in [-0.15, -0.1) is 0 Å². The molecule has 0 bridgehead atoms. The van der Waals surface area contributed by atoms with Crippen LogP contribution in [0.3, 0.4) is 0 Å². The zero-order valence-corrected chi connectivity index (χ0v) is 4.25. The van der Waals surface area contributed by atoms with Crippen LogP contribution < -0.4 is 0 Å². The van der Waals surface area contributed by atoms with Crippen molar-refractivity contribution in [3.8, 4) is 0 Å². The molecule has 0 unspecified atom stereocenters. The minimum atomic E-state index is 0. The van der Waals surface area contributed by atoms with Gasteiger partial charge >= 0.3 is 0 Å². The summed E-state index contributed by atoms with van der Waals surface area (Å²) in [5, 5.41) is 0. The van der Waals surface area contributed by atoms with Crippen molar-refractivity contribution in [2.75, 3.05) is 0 Å². The molecule has 0 heterocycles. The smallest absolute Gasteiger partial charge is 0 e. The van der Waals surface area contributed by atoms with E-state index in [0.717, 1.165) is 0 Å². The average Bonchev–Trinajstić information content (AvgIpc) is 0. The Bertz CT molecular complexity index is 6.00. The van der Waals surface area contributed by atoms with Gasteiger partial charge in [0.15, 0.2) is 34.7 Å². The fourth-order valence-corrected chi connectivity index (χ4v) is 0. The van der Waals surface area contributed by atoms with E-state index in [2.05, 4.69) is 0 Å². The Balaban J connectivity index is 0. The summed E-state index contributed by atoms with van der Waals surface area (Å²) in [5.74, 6) is 0. The molecule has 0 aromatic rings. The van der Waals surface area contributed by atoms with Crippen LogP contribution >= 0.6 is 0 Å². The molecular formula is H6AgAl2Au. The van der Waals surface area contributed by atoms with E-state index >= 15 is 0 Å². The maximum atomic E-state index is 0. The van der Waals surface area contributed by atoms with E-state index in [1.165, 1.54) is 0 Å². The van der Waals surface area contributed by atoms with Crippen LogP contribution in [0.15, 0.2) is 0 Å². The molecule has 0 fully saturated rings. The molecule has 0 aromatic carbocycles. The predicted octanol–water partition coefficient (Wildman–Crippen LogP) is -2.37. The summed E-state index contributed by atoms with van der Waals surface area (Å²) in [7, 11) is 0. The first-order valence-corrected chi connectivity index (χ1v) is 0. The maximum absolute atomic E-state index is 0. The zero-order valence-electron chi connectivity index (χ0n) is 0.603. The molecule has 0 atom stereocenters. The van der Waals surface area contributed by atoms with Crippen LogP contribution in [0.2, 0.25) is 0 Å². The van der Waals surface area contributed by atoms with Gasteiger partial charge in [-0.1, -0.05) is 0 Å². The molecule has 0 aliphatic rings. The van der Waals surface area contributed by atoms with E-state index in [4.69, 9.17) is 0 Å². The van der Waals surface area contributed by atoms with Crippen LogP contribution in [0.4, 0.5) is 0 Å². The van der Waals surface area contributed by atoms with Gasteiger partial charge in [-0.2, -0.15) is 0 Å². The van der Waals surface area contributed by atoms with E-state index in [1.807, 2.05) is 0 Å². The van der Waals surface area contributed by atoms with Crippen LogP contribution in [-0.4, -0.2) is 34.7 Å². The Kier molecular flexibility index (Phi) is 137. The second kappa shape index (κ2) is 17.7. The Morgan fingerprint density at radius 1 is 0.750 bits per heavy atom. The Morgan fingerprint density at radius 2 is 0.750 bits per heavy atom. The summed E-state index contributed by atoms with van der Waals surface area (Å²) in [4.78, 5) is 0. The molecule has 0 saturated carbocycles. The third-order valence-electron chi connectivity index (χ3n) is 0. The first kappa shape index (κ1) is 31.1. The van der Waals surface area contributed by atoms with Gasteiger partial charge in [-0.05, 0) is 0 Å². The topological polar surface area (TPSA) is 0 Å². The van der Waals surface area contributed by atoms with Gasteiger partial charge in [0.1, 0.15) is 0 Å². The van der Waals surface area contributed by atoms with Crippen LogP contribution in [0.25, 0.3) is 0 Å². The molecule has 0 amide bonds. The van der Waals surface area contributed by atoms with Crippen LogP contribution in [0, 0.1) is 0 Å². The summed E-state index contributed by atoms with van der Waals surface area (Å²) in [6.07, 6.45) is 0. The molecule has 2 radical (unpaired) electrons. The molecule has 0 rings (SSSR count). The average molecular weight is 365 g/mol. The van der Waals surface area contributed by atoms with Gasteiger partial charge < -0.3 is 0 Å². The molecule has 34 valence electrons. The molecule has 4 heteroatoms. The second-order valence-electron chi connectivity index (χ2n) is 0. The first-order valence-electron chi connectivity index (χ1n) is 0. The third kappa shape index (κ3) is 8.82. The molecule has 0 nitrogen and oxygen atoms in total. The number of hydrogen-bond acceptors (Lipinski definition) is 0. The quantitative estimate of drug-likeness (QED) is 0.422. The number of rotatable bonds is 0. The Morgan fingerprint density at radius 3 is 0.750 bits per heavy atom. The van der Waals surface area contributed by atoms with Crippen molar-refractivity contribution in [1.82, 2.24) is 0 Å². The second-order valence-corrected chi connectivity index (χ2v) is 0. The van der Waals surface area contributed by atoms with Crippen molar-refractivity contribution in [3.05, 3.63) is 0 Å². The van der Waals surface area contributed by atoms with E-state index in [0.29, 0.717) is 0 Å². The molecular weight excluding hydrogens is 359 g/mol. The normalized spacial score (nSPS) is 0. The van der Waals surface area contributed by atoms with Gasteiger partial charge in [0.25, 0.3) is 0 Å². The largest absolute Gasteiger partial charge is 0.187 e. The van der Waals surface area contributed by atoms with Gasteiger partial charge in [-0.25, -0.2) is 0 Å². The van der Waals surface area contributed by atoms with E-state index in [-0.39, 0.29) is 79.5 Å². The van der Waals surface area contributed by atoms with Crippen molar-refractivity contribution in [3.63, 3.8) is 0 Å². The van der Waals surface area contributed by atoms with Gasteiger partial charge in [0.05, 0.1) is 0 Å². The first-order chi connectivity index (χ1) is 0. The molecule has 0 saturated heterocycles. The van der Waals surface area contributed by atoms with Crippen molar-refractivity contribution in [2.45, 2.75) is 0 Å². The van der Waals surface area contributed by atoms with Crippen LogP contribution in [-0.2, 0) is 44.8 Å². The minimum absolute atomic E-state index is 0. The van der Waals surface area contributed by atoms with Crippen molar-refractivity contribution >= 4 is 34.7 Å². The Labute approximate surface area is 78.4 Å². The van der Waals surface area contributed by atoms with E-state index in [1.54, 1.807) is 0 Å². The minimum Gasteiger partial charge on any atom is 0 e. The molecule has 0 aliphatic carbocycles. The van der Waals surface area contributed by atoms with Gasteiger partial charge in [0, 0.05) is 44.8 Å². The van der Waals surface area contributed by atoms with Crippen molar-refractivity contribution in [1.29, 1.82) is 0 Å². The molecule has 0 N–H and O–H groups in total. The Hall–Kier alpha value is 2.55. The van der Waals surface area contributed by atoms with Crippen LogP contribution in [0.5, 0.6) is 0 Å². The molecule has 0 aliphatic heterocycles. The van der Waals surface area contributed by atoms with E-state index < -0.39 is 0 Å². The number of hydrogen-bond donors (Lipinski definition) is 0. The maximum Gasteiger partial charge on any atom is 0.187 e. The molecule has 0 aromatic heterocycles. The fourth-order valence-electron chi connectivity index (χ4n) is 0. The third-order valence-corrected chi connectivity index (χ3v) is 0. The summed E-state index contributed by atoms with van der Waals surface area (Å²) >= 11 is 0. The summed E-state index contributed by atoms with van der Waals surface area (Å²) in [5.41, 5.74) is 0. The van der Waals surface area contributed by atoms with Crippen molar-refractivity contribution in [2.24, 2.45) is 0 Å². The molecule has 4 heavy (non-hydrogen) atoms. The SMILES string of the molecule is [Ag].[AlH3].[AlH3].[Au]. The van der Waals surface area contributed by atoms with Crippen molar-refractivity contribution < 1.29 is 44.8 Å².